The van der Waals surface area contributed by atoms with Crippen LogP contribution < -0.4 is 10.6 Å². The lowest BCUT2D eigenvalue weighted by molar-refractivity contribution is 0.0983. The fraction of sp³-hybridized carbons (Fsp3) is 0.500. The molecular weight excluding hydrogens is 366 g/mol. The van der Waals surface area contributed by atoms with E-state index in [0.717, 1.165) is 30.0 Å². The molecule has 0 bridgehead atoms. The summed E-state index contributed by atoms with van der Waals surface area (Å²) in [5.41, 5.74) is 5.62. The molecule has 0 radical (unpaired) electrons. The number of ether oxygens (including phenoxy) is 1. The van der Waals surface area contributed by atoms with Crippen LogP contribution in [-0.4, -0.2) is 46.7 Å². The third kappa shape index (κ3) is 5.37. The SMILES string of the molecule is CCOC(=O)N1CCC(Nc2nc(C)cc(Nc3c(C)cc(C)cc3C)n2)CC1. The van der Waals surface area contributed by atoms with Crippen LogP contribution in [0.5, 0.6) is 0 Å². The second-order valence-corrected chi connectivity index (χ2v) is 7.72. The van der Waals surface area contributed by atoms with Crippen LogP contribution in [0.3, 0.4) is 0 Å². The number of hydrogen-bond acceptors (Lipinski definition) is 6. The molecule has 7 heteroatoms. The highest BCUT2D eigenvalue weighted by Crippen LogP contribution is 2.26. The third-order valence-electron chi connectivity index (χ3n) is 5.14. The minimum Gasteiger partial charge on any atom is -0.450 e. The van der Waals surface area contributed by atoms with Crippen LogP contribution in [0.2, 0.25) is 0 Å². The first kappa shape index (κ1) is 20.9. The Balaban J connectivity index is 1.67. The standard InChI is InChI=1S/C22H31N5O2/c1-6-29-22(28)27-9-7-18(8-10-27)24-21-23-17(5)13-19(26-21)25-20-15(3)11-14(2)12-16(20)4/h11-13,18H,6-10H2,1-5H3,(H2,23,24,25,26). The summed E-state index contributed by atoms with van der Waals surface area (Å²) in [6.07, 6.45) is 1.46. The number of aryl methyl sites for hydroxylation is 4. The van der Waals surface area contributed by atoms with Crippen molar-refractivity contribution in [3.05, 3.63) is 40.6 Å². The van der Waals surface area contributed by atoms with E-state index in [1.54, 1.807) is 4.90 Å². The van der Waals surface area contributed by atoms with Crippen LogP contribution in [0, 0.1) is 27.7 Å². The van der Waals surface area contributed by atoms with E-state index in [4.69, 9.17) is 4.74 Å². The Labute approximate surface area is 172 Å². The molecule has 0 atom stereocenters. The molecule has 29 heavy (non-hydrogen) atoms. The van der Waals surface area contributed by atoms with E-state index in [1.807, 2.05) is 19.9 Å². The molecule has 1 saturated heterocycles. The first-order valence-electron chi connectivity index (χ1n) is 10.2. The minimum absolute atomic E-state index is 0.229. The molecule has 1 aromatic heterocycles. The van der Waals surface area contributed by atoms with Gasteiger partial charge in [-0.15, -0.1) is 0 Å². The monoisotopic (exact) mass is 397 g/mol. The van der Waals surface area contributed by atoms with Gasteiger partial charge in [-0.05, 0) is 58.6 Å². The molecule has 0 aliphatic carbocycles. The predicted octanol–water partition coefficient (Wildman–Crippen LogP) is 4.49. The molecule has 0 spiro atoms. The topological polar surface area (TPSA) is 79.4 Å². The Morgan fingerprint density at radius 1 is 1.10 bits per heavy atom. The maximum atomic E-state index is 11.9. The first-order valence-corrected chi connectivity index (χ1v) is 10.2. The molecular formula is C22H31N5O2. The number of piperidine rings is 1. The van der Waals surface area contributed by atoms with Gasteiger partial charge in [-0.2, -0.15) is 4.98 Å². The fourth-order valence-electron chi connectivity index (χ4n) is 3.81. The Hall–Kier alpha value is -2.83. The lowest BCUT2D eigenvalue weighted by Crippen LogP contribution is -2.42. The van der Waals surface area contributed by atoms with Crippen molar-refractivity contribution < 1.29 is 9.53 Å². The highest BCUT2D eigenvalue weighted by atomic mass is 16.6. The van der Waals surface area contributed by atoms with E-state index >= 15 is 0 Å². The van der Waals surface area contributed by atoms with Crippen molar-refractivity contribution in [1.82, 2.24) is 14.9 Å². The molecule has 7 nitrogen and oxygen atoms in total. The first-order chi connectivity index (χ1) is 13.9. The van der Waals surface area contributed by atoms with Gasteiger partial charge in [0.05, 0.1) is 6.61 Å². The number of nitrogens with one attached hydrogen (secondary N) is 2. The van der Waals surface area contributed by atoms with Gasteiger partial charge in [0.25, 0.3) is 0 Å². The zero-order valence-electron chi connectivity index (χ0n) is 18.0. The number of rotatable bonds is 5. The van der Waals surface area contributed by atoms with Crippen LogP contribution in [-0.2, 0) is 4.74 Å². The average Bonchev–Trinajstić information content (AvgIpc) is 2.65. The van der Waals surface area contributed by atoms with Gasteiger partial charge in [0.1, 0.15) is 5.82 Å². The fourth-order valence-corrected chi connectivity index (χ4v) is 3.81. The van der Waals surface area contributed by atoms with Crippen molar-refractivity contribution in [3.63, 3.8) is 0 Å². The number of carbonyl (C=O) groups excluding carboxylic acids is 1. The minimum atomic E-state index is -0.229. The summed E-state index contributed by atoms with van der Waals surface area (Å²) < 4.78 is 5.08. The van der Waals surface area contributed by atoms with E-state index in [2.05, 4.69) is 53.5 Å². The highest BCUT2D eigenvalue weighted by molar-refractivity contribution is 5.68. The van der Waals surface area contributed by atoms with Gasteiger partial charge < -0.3 is 20.3 Å². The summed E-state index contributed by atoms with van der Waals surface area (Å²) >= 11 is 0. The van der Waals surface area contributed by atoms with Gasteiger partial charge in [0.2, 0.25) is 5.95 Å². The molecule has 1 aliphatic rings. The molecule has 2 heterocycles. The van der Waals surface area contributed by atoms with Crippen LogP contribution in [0.15, 0.2) is 18.2 Å². The number of carbonyl (C=O) groups is 1. The third-order valence-corrected chi connectivity index (χ3v) is 5.14. The van der Waals surface area contributed by atoms with Gasteiger partial charge in [0.15, 0.2) is 0 Å². The molecule has 1 aromatic carbocycles. The Morgan fingerprint density at radius 3 is 2.38 bits per heavy atom. The number of amides is 1. The molecule has 1 aliphatic heterocycles. The largest absolute Gasteiger partial charge is 0.450 e. The molecule has 156 valence electrons. The lowest BCUT2D eigenvalue weighted by Gasteiger charge is -2.31. The van der Waals surface area contributed by atoms with Gasteiger partial charge in [-0.25, -0.2) is 9.78 Å². The van der Waals surface area contributed by atoms with Crippen LogP contribution in [0.25, 0.3) is 0 Å². The van der Waals surface area contributed by atoms with E-state index in [1.165, 1.54) is 16.7 Å². The Morgan fingerprint density at radius 2 is 1.76 bits per heavy atom. The molecule has 3 rings (SSSR count). The highest BCUT2D eigenvalue weighted by Gasteiger charge is 2.24. The van der Waals surface area contributed by atoms with Crippen molar-refractivity contribution in [2.24, 2.45) is 0 Å². The normalized spacial score (nSPS) is 14.6. The Kier molecular flexibility index (Phi) is 6.56. The summed E-state index contributed by atoms with van der Waals surface area (Å²) in [7, 11) is 0. The molecule has 0 unspecified atom stereocenters. The zero-order chi connectivity index (χ0) is 21.0. The number of anilines is 3. The molecule has 2 N–H and O–H groups in total. The quantitative estimate of drug-likeness (QED) is 0.774. The van der Waals surface area contributed by atoms with Crippen molar-refractivity contribution in [3.8, 4) is 0 Å². The second kappa shape index (κ2) is 9.11. The van der Waals surface area contributed by atoms with Crippen LogP contribution >= 0.6 is 0 Å². The van der Waals surface area contributed by atoms with Crippen LogP contribution in [0.4, 0.5) is 22.2 Å². The maximum absolute atomic E-state index is 11.9. The number of nitrogens with zero attached hydrogens (tertiary/aromatic N) is 3. The smallest absolute Gasteiger partial charge is 0.409 e. The van der Waals surface area contributed by atoms with Crippen molar-refractivity contribution >= 4 is 23.5 Å². The van der Waals surface area contributed by atoms with E-state index in [0.29, 0.717) is 25.6 Å². The van der Waals surface area contributed by atoms with E-state index in [-0.39, 0.29) is 12.1 Å². The summed E-state index contributed by atoms with van der Waals surface area (Å²) in [6.45, 7) is 11.9. The summed E-state index contributed by atoms with van der Waals surface area (Å²) in [5, 5.41) is 6.90. The van der Waals surface area contributed by atoms with Gasteiger partial charge in [-0.1, -0.05) is 17.7 Å². The predicted molar refractivity (Wildman–Crippen MR) is 116 cm³/mol. The molecule has 0 saturated carbocycles. The maximum Gasteiger partial charge on any atom is 0.409 e. The van der Waals surface area contributed by atoms with Gasteiger partial charge in [-0.3, -0.25) is 0 Å². The number of likely N-dealkylation sites (tertiary alicyclic amines) is 1. The molecule has 1 fully saturated rings. The number of aromatic nitrogens is 2. The van der Waals surface area contributed by atoms with Crippen molar-refractivity contribution in [2.45, 2.75) is 53.5 Å². The van der Waals surface area contributed by atoms with Gasteiger partial charge >= 0.3 is 6.09 Å². The lowest BCUT2D eigenvalue weighted by atomic mass is 10.1. The molecule has 1 amide bonds. The second-order valence-electron chi connectivity index (χ2n) is 7.72. The Bertz CT molecular complexity index is 852. The van der Waals surface area contributed by atoms with Crippen molar-refractivity contribution in [2.75, 3.05) is 30.3 Å². The van der Waals surface area contributed by atoms with E-state index < -0.39 is 0 Å². The van der Waals surface area contributed by atoms with Gasteiger partial charge in [0, 0.05) is 36.6 Å². The summed E-state index contributed by atoms with van der Waals surface area (Å²) in [4.78, 5) is 22.8. The number of benzene rings is 1. The molecule has 2 aromatic rings. The summed E-state index contributed by atoms with van der Waals surface area (Å²) in [5.74, 6) is 1.39. The van der Waals surface area contributed by atoms with Crippen LogP contribution in [0.1, 0.15) is 42.1 Å². The zero-order valence-corrected chi connectivity index (χ0v) is 18.0. The summed E-state index contributed by atoms with van der Waals surface area (Å²) in [6, 6.07) is 6.52. The average molecular weight is 398 g/mol. The van der Waals surface area contributed by atoms with E-state index in [9.17, 15) is 4.79 Å². The van der Waals surface area contributed by atoms with Crippen molar-refractivity contribution in [1.29, 1.82) is 0 Å². The number of hydrogen-bond donors (Lipinski definition) is 2.